The Balaban J connectivity index is 1.57. The number of hydrogen-bond acceptors (Lipinski definition) is 4. The van der Waals surface area contributed by atoms with Crippen molar-refractivity contribution in [3.05, 3.63) is 224 Å². The molecule has 7 heteroatoms. The van der Waals surface area contributed by atoms with Crippen LogP contribution in [0, 0.1) is 0 Å². The van der Waals surface area contributed by atoms with Gasteiger partial charge in [-0.3, -0.25) is 9.59 Å². The van der Waals surface area contributed by atoms with Crippen molar-refractivity contribution < 1.29 is 9.59 Å². The Morgan fingerprint density at radius 3 is 0.736 bits per heavy atom. The molecule has 0 radical (unpaired) electrons. The summed E-state index contributed by atoms with van der Waals surface area (Å²) in [5, 5.41) is 5.74. The van der Waals surface area contributed by atoms with Gasteiger partial charge in [0, 0.05) is 31.8 Å². The summed E-state index contributed by atoms with van der Waals surface area (Å²) < 4.78 is 11.3. The van der Waals surface area contributed by atoms with Crippen molar-refractivity contribution in [2.75, 3.05) is 4.90 Å². The number of amides is 2. The molecule has 0 saturated heterocycles. The topological polar surface area (TPSA) is 62.1 Å². The molecule has 0 fully saturated rings. The van der Waals surface area contributed by atoms with Crippen LogP contribution < -0.4 is 36.7 Å². The Labute approximate surface area is 310 Å². The number of hydrogen-bond donors (Lipinski definition) is 0. The van der Waals surface area contributed by atoms with Gasteiger partial charge >= 0.3 is 0 Å². The zero-order valence-electron chi connectivity index (χ0n) is 28.8. The predicted octanol–water partition coefficient (Wildman–Crippen LogP) is 8.13. The van der Waals surface area contributed by atoms with Gasteiger partial charge < -0.3 is 0 Å². The van der Waals surface area contributed by atoms with Crippen LogP contribution in [-0.2, 0) is 9.59 Å². The third-order valence-corrected chi connectivity index (χ3v) is 16.6. The van der Waals surface area contributed by atoms with Crippen LogP contribution in [0.2, 0.25) is 0 Å². The van der Waals surface area contributed by atoms with E-state index in [4.69, 9.17) is 9.49 Å². The number of benzene rings is 7. The van der Waals surface area contributed by atoms with E-state index in [9.17, 15) is 0 Å². The van der Waals surface area contributed by atoms with Crippen molar-refractivity contribution in [1.82, 2.24) is 0 Å². The molecule has 0 atom stereocenters. The summed E-state index contributed by atoms with van der Waals surface area (Å²) in [6, 6.07) is 69.8. The number of nitrogens with zero attached hydrogens (tertiary/aromatic N) is 3. The van der Waals surface area contributed by atoms with Crippen LogP contribution in [0.4, 0.5) is 5.69 Å². The molecule has 0 N–H and O–H groups in total. The van der Waals surface area contributed by atoms with Gasteiger partial charge in [0.15, 0.2) is 11.4 Å². The van der Waals surface area contributed by atoms with E-state index in [0.29, 0.717) is 5.69 Å². The average Bonchev–Trinajstić information content (AvgIpc) is 3.47. The number of carbonyl (C=O) groups is 2. The summed E-state index contributed by atoms with van der Waals surface area (Å²) in [6.45, 7) is 0. The number of rotatable bonds is 9. The zero-order chi connectivity index (χ0) is 36.1. The first-order chi connectivity index (χ1) is 26.1. The molecule has 1 heterocycles. The highest BCUT2D eigenvalue weighted by molar-refractivity contribution is 7.88. The van der Waals surface area contributed by atoms with Gasteiger partial charge in [0.2, 0.25) is 0 Å². The van der Waals surface area contributed by atoms with Gasteiger partial charge in [-0.25, -0.2) is 14.4 Å². The summed E-state index contributed by atoms with van der Waals surface area (Å²) in [7, 11) is -5.97. The Bertz CT molecular complexity index is 2160. The lowest BCUT2D eigenvalue weighted by Gasteiger charge is -2.28. The molecule has 1 aliphatic rings. The van der Waals surface area contributed by atoms with Crippen molar-refractivity contribution in [2.45, 2.75) is 0 Å². The fourth-order valence-electron chi connectivity index (χ4n) is 6.90. The molecule has 0 bridgehead atoms. The second-order valence-corrected chi connectivity index (χ2v) is 18.5. The fraction of sp³-hybridized carbons (Fsp3) is 0. The van der Waals surface area contributed by atoms with Gasteiger partial charge in [0.05, 0.1) is 19.8 Å². The lowest BCUT2D eigenvalue weighted by molar-refractivity contribution is -0.120. The van der Waals surface area contributed by atoms with Crippen LogP contribution in [0.25, 0.3) is 0 Å². The maximum Gasteiger partial charge on any atom is 0.286 e. The van der Waals surface area contributed by atoms with Crippen molar-refractivity contribution >= 4 is 63.4 Å². The van der Waals surface area contributed by atoms with E-state index in [-0.39, 0.29) is 11.4 Å². The first-order valence-corrected chi connectivity index (χ1v) is 20.9. The molecule has 7 aromatic carbocycles. The van der Waals surface area contributed by atoms with Gasteiger partial charge in [-0.2, -0.15) is 0 Å². The highest BCUT2D eigenvalue weighted by Crippen LogP contribution is 2.52. The summed E-state index contributed by atoms with van der Waals surface area (Å²) in [4.78, 5) is 31.5. The second-order valence-electron chi connectivity index (χ2n) is 12.5. The molecule has 8 rings (SSSR count). The first kappa shape index (κ1) is 34.0. The quantitative estimate of drug-likeness (QED) is 0.112. The Morgan fingerprint density at radius 2 is 0.509 bits per heavy atom. The van der Waals surface area contributed by atoms with Crippen LogP contribution in [0.5, 0.6) is 0 Å². The van der Waals surface area contributed by atoms with E-state index in [1.54, 1.807) is 12.1 Å². The predicted molar refractivity (Wildman–Crippen MR) is 221 cm³/mol. The number of para-hydroxylation sites is 1. The average molecular weight is 724 g/mol. The van der Waals surface area contributed by atoms with E-state index < -0.39 is 25.9 Å². The zero-order valence-corrected chi connectivity index (χ0v) is 30.5. The molecule has 1 aliphatic heterocycles. The van der Waals surface area contributed by atoms with E-state index in [0.717, 1.165) is 31.8 Å². The van der Waals surface area contributed by atoms with Gasteiger partial charge in [0.1, 0.15) is 0 Å². The van der Waals surface area contributed by atoms with Crippen LogP contribution in [0.1, 0.15) is 0 Å². The lowest BCUT2D eigenvalue weighted by Crippen LogP contribution is -2.32. The largest absolute Gasteiger partial charge is 0.286 e. The van der Waals surface area contributed by atoms with E-state index in [2.05, 4.69) is 72.8 Å². The monoisotopic (exact) mass is 723 g/mol. The van der Waals surface area contributed by atoms with E-state index in [1.807, 2.05) is 127 Å². The Morgan fingerprint density at radius 1 is 0.302 bits per heavy atom. The summed E-state index contributed by atoms with van der Waals surface area (Å²) in [5.74, 6) is -1.00. The molecule has 0 saturated carbocycles. The maximum atomic E-state index is 15.1. The van der Waals surface area contributed by atoms with Crippen LogP contribution in [-0.4, -0.2) is 11.8 Å². The molecule has 2 amide bonds. The molecule has 0 aliphatic carbocycles. The molecule has 7 aromatic rings. The third kappa shape index (κ3) is 6.15. The van der Waals surface area contributed by atoms with Gasteiger partial charge in [-0.1, -0.05) is 200 Å². The van der Waals surface area contributed by atoms with Gasteiger partial charge in [-0.15, -0.1) is 0 Å². The van der Waals surface area contributed by atoms with Crippen molar-refractivity contribution in [3.63, 3.8) is 0 Å². The number of carbonyl (C=O) groups excluding carboxylic acids is 2. The molecule has 0 spiro atoms. The molecular weight excluding hydrogens is 688 g/mol. The smallest absolute Gasteiger partial charge is 0.266 e. The molecule has 0 unspecified atom stereocenters. The van der Waals surface area contributed by atoms with Crippen LogP contribution in [0.15, 0.2) is 233 Å². The van der Waals surface area contributed by atoms with Crippen molar-refractivity contribution in [1.29, 1.82) is 0 Å². The Kier molecular flexibility index (Phi) is 9.53. The summed E-state index contributed by atoms with van der Waals surface area (Å²) in [5.41, 5.74) is 0.568. The first-order valence-electron chi connectivity index (χ1n) is 17.4. The number of anilines is 1. The minimum absolute atomic E-state index is 0.0518. The van der Waals surface area contributed by atoms with Crippen LogP contribution in [0.3, 0.4) is 0 Å². The van der Waals surface area contributed by atoms with Gasteiger partial charge in [-0.05, 0) is 12.1 Å². The molecule has 5 nitrogen and oxygen atoms in total. The highest BCUT2D eigenvalue weighted by Gasteiger charge is 2.43. The van der Waals surface area contributed by atoms with Gasteiger partial charge in [0.25, 0.3) is 11.8 Å². The SMILES string of the molecule is O=C1C(N=P(c2ccccc2)(c2ccccc2)c2ccccc2)=C(N=P(c2ccccc2)(c2ccccc2)c2ccccc2)C(=O)N1c1ccccc1. The normalized spacial score (nSPS) is 13.2. The van der Waals surface area contributed by atoms with E-state index in [1.165, 1.54) is 4.90 Å². The summed E-state index contributed by atoms with van der Waals surface area (Å²) in [6.07, 6.45) is 0. The highest BCUT2D eigenvalue weighted by atomic mass is 31.2. The minimum Gasteiger partial charge on any atom is -0.266 e. The maximum absolute atomic E-state index is 15.1. The molecular formula is C46H35N3O2P2. The van der Waals surface area contributed by atoms with Crippen molar-refractivity contribution in [2.24, 2.45) is 9.49 Å². The lowest BCUT2D eigenvalue weighted by atomic mass is 10.3. The molecule has 256 valence electrons. The molecule has 53 heavy (non-hydrogen) atoms. The second kappa shape index (κ2) is 14.9. The Hall–Kier alpha value is -6.12. The number of imide groups is 1. The van der Waals surface area contributed by atoms with Crippen molar-refractivity contribution in [3.8, 4) is 0 Å². The fourth-order valence-corrected chi connectivity index (χ4v) is 14.0. The minimum atomic E-state index is -2.98. The standard InChI is InChI=1S/C46H35N3O2P2/c50-45-43(47-52(37-24-10-2-11-25-37,38-26-12-3-13-27-38)39-28-14-4-15-29-39)44(46(51)49(45)36-22-8-1-9-23-36)48-53(40-30-16-5-17-31-40,41-32-18-6-19-33-41)42-34-20-7-21-35-42/h1-35H. The van der Waals surface area contributed by atoms with E-state index >= 15 is 9.59 Å². The molecule has 0 aromatic heterocycles. The van der Waals surface area contributed by atoms with Crippen LogP contribution >= 0.6 is 14.1 Å². The summed E-state index contributed by atoms with van der Waals surface area (Å²) >= 11 is 0. The third-order valence-electron chi connectivity index (χ3n) is 9.33.